The Balaban J connectivity index is 2.50. The lowest BCUT2D eigenvalue weighted by molar-refractivity contribution is 1.07. The van der Waals surface area contributed by atoms with E-state index < -0.39 is 0 Å². The highest BCUT2D eigenvalue weighted by Gasteiger charge is 1.88. The number of aromatic nitrogens is 2. The number of hydrogen-bond donors (Lipinski definition) is 1. The molecule has 0 spiro atoms. The fourth-order valence-electron chi connectivity index (χ4n) is 0.612. The van der Waals surface area contributed by atoms with Gasteiger partial charge in [0, 0.05) is 6.20 Å². The molecule has 1 rings (SSSR count). The molecule has 0 unspecified atom stereocenters. The molecule has 0 atom stereocenters. The smallest absolute Gasteiger partial charge is 0.0923 e. The van der Waals surface area contributed by atoms with Gasteiger partial charge in [-0.15, -0.1) is 0 Å². The van der Waals surface area contributed by atoms with Crippen LogP contribution in [0.4, 0.5) is 0 Å². The maximum absolute atomic E-state index is 4.02. The Morgan fingerprint density at radius 1 is 1.88 bits per heavy atom. The van der Waals surface area contributed by atoms with Crippen LogP contribution in [-0.4, -0.2) is 9.97 Å². The molecule has 1 radical (unpaired) electrons. The van der Waals surface area contributed by atoms with E-state index in [-0.39, 0.29) is 0 Å². The molecule has 0 saturated carbocycles. The molecule has 8 heavy (non-hydrogen) atoms. The van der Waals surface area contributed by atoms with Crippen molar-refractivity contribution in [3.63, 3.8) is 0 Å². The first-order valence-electron chi connectivity index (χ1n) is 2.69. The summed E-state index contributed by atoms with van der Waals surface area (Å²) in [6, 6.07) is 0. The SMILES string of the molecule is C[CH]Cc1c[nH]cn1. The van der Waals surface area contributed by atoms with Crippen molar-refractivity contribution < 1.29 is 0 Å². The fourth-order valence-corrected chi connectivity index (χ4v) is 0.612. The number of nitrogens with zero attached hydrogens (tertiary/aromatic N) is 1. The average Bonchev–Trinajstić information content (AvgIpc) is 2.19. The Labute approximate surface area is 49.0 Å². The van der Waals surface area contributed by atoms with Gasteiger partial charge in [0.25, 0.3) is 0 Å². The first kappa shape index (κ1) is 5.35. The summed E-state index contributed by atoms with van der Waals surface area (Å²) in [6.45, 7) is 2.02. The summed E-state index contributed by atoms with van der Waals surface area (Å²) < 4.78 is 0. The van der Waals surface area contributed by atoms with Gasteiger partial charge in [0.1, 0.15) is 0 Å². The van der Waals surface area contributed by atoms with Gasteiger partial charge in [-0.05, 0) is 12.8 Å². The van der Waals surface area contributed by atoms with Crippen LogP contribution in [0.5, 0.6) is 0 Å². The Morgan fingerprint density at radius 3 is 3.25 bits per heavy atom. The lowest BCUT2D eigenvalue weighted by atomic mass is 10.3. The van der Waals surface area contributed by atoms with Crippen LogP contribution >= 0.6 is 0 Å². The highest BCUT2D eigenvalue weighted by molar-refractivity contribution is 4.96. The van der Waals surface area contributed by atoms with E-state index in [2.05, 4.69) is 16.4 Å². The zero-order chi connectivity index (χ0) is 5.82. The van der Waals surface area contributed by atoms with Gasteiger partial charge in [0.15, 0.2) is 0 Å². The van der Waals surface area contributed by atoms with Gasteiger partial charge in [-0.2, -0.15) is 0 Å². The Hall–Kier alpha value is -0.790. The van der Waals surface area contributed by atoms with E-state index in [0.29, 0.717) is 0 Å². The highest BCUT2D eigenvalue weighted by Crippen LogP contribution is 1.93. The predicted molar refractivity (Wildman–Crippen MR) is 32.3 cm³/mol. The van der Waals surface area contributed by atoms with E-state index in [9.17, 15) is 0 Å². The van der Waals surface area contributed by atoms with Crippen LogP contribution < -0.4 is 0 Å². The minimum Gasteiger partial charge on any atom is -0.351 e. The fraction of sp³-hybridized carbons (Fsp3) is 0.333. The predicted octanol–water partition coefficient (Wildman–Crippen LogP) is 1.18. The van der Waals surface area contributed by atoms with Crippen LogP contribution in [0.2, 0.25) is 0 Å². The van der Waals surface area contributed by atoms with Crippen LogP contribution in [0, 0.1) is 6.42 Å². The maximum Gasteiger partial charge on any atom is 0.0923 e. The third kappa shape index (κ3) is 1.09. The zero-order valence-corrected chi connectivity index (χ0v) is 4.89. The molecule has 43 valence electrons. The van der Waals surface area contributed by atoms with Gasteiger partial charge >= 0.3 is 0 Å². The van der Waals surface area contributed by atoms with Gasteiger partial charge in [-0.3, -0.25) is 0 Å². The first-order valence-corrected chi connectivity index (χ1v) is 2.69. The van der Waals surface area contributed by atoms with Crippen molar-refractivity contribution in [2.75, 3.05) is 0 Å². The minimum absolute atomic E-state index is 0.962. The second-order valence-electron chi connectivity index (χ2n) is 1.67. The topological polar surface area (TPSA) is 28.7 Å². The summed E-state index contributed by atoms with van der Waals surface area (Å²) in [7, 11) is 0. The zero-order valence-electron chi connectivity index (χ0n) is 4.89. The Morgan fingerprint density at radius 2 is 2.75 bits per heavy atom. The minimum atomic E-state index is 0.962. The van der Waals surface area contributed by atoms with E-state index in [1.807, 2.05) is 13.1 Å². The molecule has 0 bridgehead atoms. The number of nitrogens with one attached hydrogen (secondary N) is 1. The van der Waals surface area contributed by atoms with Gasteiger partial charge in [-0.25, -0.2) is 4.98 Å². The van der Waals surface area contributed by atoms with Crippen molar-refractivity contribution in [2.24, 2.45) is 0 Å². The summed E-state index contributed by atoms with van der Waals surface area (Å²) in [6.07, 6.45) is 6.64. The Bertz CT molecular complexity index is 132. The number of rotatable bonds is 2. The van der Waals surface area contributed by atoms with Crippen molar-refractivity contribution in [3.8, 4) is 0 Å². The monoisotopic (exact) mass is 109 g/mol. The summed E-state index contributed by atoms with van der Waals surface area (Å²) in [5.74, 6) is 0. The van der Waals surface area contributed by atoms with Crippen molar-refractivity contribution in [2.45, 2.75) is 13.3 Å². The Kier molecular flexibility index (Phi) is 1.67. The van der Waals surface area contributed by atoms with Crippen LogP contribution in [0.15, 0.2) is 12.5 Å². The molecule has 2 heteroatoms. The summed E-state index contributed by atoms with van der Waals surface area (Å²) in [5.41, 5.74) is 1.10. The second kappa shape index (κ2) is 2.50. The summed E-state index contributed by atoms with van der Waals surface area (Å²) in [4.78, 5) is 6.90. The van der Waals surface area contributed by atoms with Crippen molar-refractivity contribution in [3.05, 3.63) is 24.6 Å². The standard InChI is InChI=1S/C6H9N2/c1-2-3-6-4-7-5-8-6/h2,4-5H,3H2,1H3,(H,7,8). The van der Waals surface area contributed by atoms with E-state index in [1.165, 1.54) is 0 Å². The lowest BCUT2D eigenvalue weighted by Gasteiger charge is -1.84. The molecule has 0 fully saturated rings. The van der Waals surface area contributed by atoms with Crippen molar-refractivity contribution in [1.29, 1.82) is 0 Å². The molecule has 1 aromatic heterocycles. The number of imidazole rings is 1. The largest absolute Gasteiger partial charge is 0.351 e. The van der Waals surface area contributed by atoms with Crippen molar-refractivity contribution in [1.82, 2.24) is 9.97 Å². The third-order valence-corrected chi connectivity index (χ3v) is 0.968. The lowest BCUT2D eigenvalue weighted by Crippen LogP contribution is -1.80. The van der Waals surface area contributed by atoms with E-state index >= 15 is 0 Å². The highest BCUT2D eigenvalue weighted by atomic mass is 14.9. The summed E-state index contributed by atoms with van der Waals surface area (Å²) in [5, 5.41) is 0. The molecule has 0 amide bonds. The molecule has 2 nitrogen and oxygen atoms in total. The maximum atomic E-state index is 4.02. The summed E-state index contributed by atoms with van der Waals surface area (Å²) >= 11 is 0. The van der Waals surface area contributed by atoms with Crippen LogP contribution in [0.25, 0.3) is 0 Å². The number of H-pyrrole nitrogens is 1. The molecular formula is C6H9N2. The van der Waals surface area contributed by atoms with Gasteiger partial charge in [0.05, 0.1) is 12.0 Å². The van der Waals surface area contributed by atoms with Crippen molar-refractivity contribution >= 4 is 0 Å². The van der Waals surface area contributed by atoms with Crippen LogP contribution in [-0.2, 0) is 6.42 Å². The number of aromatic amines is 1. The van der Waals surface area contributed by atoms with Crippen LogP contribution in [0.3, 0.4) is 0 Å². The molecule has 1 aromatic rings. The third-order valence-electron chi connectivity index (χ3n) is 0.968. The van der Waals surface area contributed by atoms with Gasteiger partial charge in [-0.1, -0.05) is 6.92 Å². The van der Waals surface area contributed by atoms with E-state index in [4.69, 9.17) is 0 Å². The van der Waals surface area contributed by atoms with Gasteiger partial charge in [0.2, 0.25) is 0 Å². The number of hydrogen-bond acceptors (Lipinski definition) is 1. The molecular weight excluding hydrogens is 100 g/mol. The molecule has 0 aliphatic heterocycles. The quantitative estimate of drug-likeness (QED) is 0.607. The molecule has 1 heterocycles. The molecule has 0 saturated heterocycles. The van der Waals surface area contributed by atoms with Crippen LogP contribution in [0.1, 0.15) is 12.6 Å². The molecule has 0 aliphatic rings. The van der Waals surface area contributed by atoms with E-state index in [1.54, 1.807) is 6.33 Å². The normalized spacial score (nSPS) is 9.62. The average molecular weight is 109 g/mol. The first-order chi connectivity index (χ1) is 3.93. The second-order valence-corrected chi connectivity index (χ2v) is 1.67. The van der Waals surface area contributed by atoms with Gasteiger partial charge < -0.3 is 4.98 Å². The molecule has 0 aliphatic carbocycles. The molecule has 1 N–H and O–H groups in total. The molecule has 0 aromatic carbocycles. The van der Waals surface area contributed by atoms with E-state index in [0.717, 1.165) is 12.1 Å².